The Hall–Kier alpha value is -2.50. The van der Waals surface area contributed by atoms with Crippen LogP contribution in [-0.2, 0) is 11.8 Å². The molecule has 1 heterocycles. The molecule has 3 atom stereocenters. The number of fused-ring (bicyclic) bond motifs is 2. The molecule has 0 aliphatic heterocycles. The first kappa shape index (κ1) is 13.2. The van der Waals surface area contributed by atoms with E-state index in [1.54, 1.807) is 11.7 Å². The van der Waals surface area contributed by atoms with E-state index in [0.29, 0.717) is 17.7 Å². The van der Waals surface area contributed by atoms with Crippen LogP contribution in [0.15, 0.2) is 36.4 Å². The molecule has 1 fully saturated rings. The second kappa shape index (κ2) is 5.05. The van der Waals surface area contributed by atoms with Gasteiger partial charge in [0, 0.05) is 24.2 Å². The number of nitrogens with zero attached hydrogens (tertiary/aromatic N) is 4. The Balaban J connectivity index is 1.53. The molecule has 0 spiro atoms. The van der Waals surface area contributed by atoms with E-state index in [9.17, 15) is 4.79 Å². The number of nitrogens with one attached hydrogen (secondary N) is 1. The quantitative estimate of drug-likeness (QED) is 0.879. The molecule has 6 heteroatoms. The van der Waals surface area contributed by atoms with Gasteiger partial charge in [0.05, 0.1) is 0 Å². The minimum absolute atomic E-state index is 0.107. The molecule has 112 valence electrons. The number of anilines is 1. The van der Waals surface area contributed by atoms with E-state index in [4.69, 9.17) is 0 Å². The number of aryl methyl sites for hydroxylation is 1. The summed E-state index contributed by atoms with van der Waals surface area (Å²) in [5, 5.41) is 14.5. The first-order valence-electron chi connectivity index (χ1n) is 7.52. The average molecular weight is 295 g/mol. The number of aromatic nitrogens is 4. The van der Waals surface area contributed by atoms with Crippen LogP contribution < -0.4 is 5.32 Å². The lowest BCUT2D eigenvalue weighted by Gasteiger charge is -2.17. The molecule has 1 N–H and O–H groups in total. The molecule has 1 aromatic heterocycles. The number of benzene rings is 1. The molecule has 6 nitrogen and oxygen atoms in total. The van der Waals surface area contributed by atoms with Crippen molar-refractivity contribution in [3.63, 3.8) is 0 Å². The van der Waals surface area contributed by atoms with Crippen molar-refractivity contribution >= 4 is 11.6 Å². The maximum Gasteiger partial charge on any atom is 0.228 e. The molecular formula is C16H17N5O. The number of amides is 1. The van der Waals surface area contributed by atoms with Crippen molar-refractivity contribution < 1.29 is 4.79 Å². The summed E-state index contributed by atoms with van der Waals surface area (Å²) in [6.45, 7) is 0. The molecule has 1 amide bonds. The van der Waals surface area contributed by atoms with Crippen LogP contribution in [-0.4, -0.2) is 26.1 Å². The van der Waals surface area contributed by atoms with Gasteiger partial charge in [0.25, 0.3) is 0 Å². The molecule has 1 aromatic carbocycles. The van der Waals surface area contributed by atoms with E-state index < -0.39 is 0 Å². The van der Waals surface area contributed by atoms with Gasteiger partial charge in [-0.1, -0.05) is 24.3 Å². The van der Waals surface area contributed by atoms with Crippen molar-refractivity contribution in [3.05, 3.63) is 36.4 Å². The molecule has 0 radical (unpaired) electrons. The number of carbonyl (C=O) groups excluding carboxylic acids is 1. The van der Waals surface area contributed by atoms with E-state index in [0.717, 1.165) is 24.1 Å². The highest BCUT2D eigenvalue weighted by Gasteiger charge is 2.39. The van der Waals surface area contributed by atoms with Crippen LogP contribution in [0.5, 0.6) is 0 Å². The molecule has 4 rings (SSSR count). The third-order valence-corrected chi connectivity index (χ3v) is 4.62. The maximum atomic E-state index is 12.5. The summed E-state index contributed by atoms with van der Waals surface area (Å²) in [6.07, 6.45) is 6.54. The van der Waals surface area contributed by atoms with Crippen molar-refractivity contribution in [1.82, 2.24) is 20.2 Å². The molecule has 2 bridgehead atoms. The summed E-state index contributed by atoms with van der Waals surface area (Å²) in [5.41, 5.74) is 1.68. The minimum atomic E-state index is 0.107. The van der Waals surface area contributed by atoms with Crippen LogP contribution in [0.3, 0.4) is 0 Å². The van der Waals surface area contributed by atoms with Crippen LogP contribution in [0.25, 0.3) is 11.4 Å². The molecule has 1 saturated carbocycles. The van der Waals surface area contributed by atoms with Crippen molar-refractivity contribution in [3.8, 4) is 11.4 Å². The summed E-state index contributed by atoms with van der Waals surface area (Å²) in [6, 6.07) is 7.64. The van der Waals surface area contributed by atoms with Gasteiger partial charge in [-0.05, 0) is 47.2 Å². The fraction of sp³-hybridized carbons (Fsp3) is 0.375. The highest BCUT2D eigenvalue weighted by atomic mass is 16.1. The smallest absolute Gasteiger partial charge is 0.228 e. The molecular weight excluding hydrogens is 278 g/mol. The third kappa shape index (κ3) is 2.20. The van der Waals surface area contributed by atoms with Crippen molar-refractivity contribution in [2.24, 2.45) is 24.8 Å². The zero-order chi connectivity index (χ0) is 15.1. The average Bonchev–Trinajstić information content (AvgIpc) is 3.23. The number of allylic oxidation sites excluding steroid dienone is 2. The molecule has 2 aliphatic carbocycles. The Morgan fingerprint density at radius 3 is 2.91 bits per heavy atom. The van der Waals surface area contributed by atoms with Crippen LogP contribution in [0.4, 0.5) is 5.69 Å². The van der Waals surface area contributed by atoms with Crippen molar-refractivity contribution in [2.45, 2.75) is 12.8 Å². The normalized spacial score (nSPS) is 25.6. The van der Waals surface area contributed by atoms with Crippen LogP contribution >= 0.6 is 0 Å². The van der Waals surface area contributed by atoms with Gasteiger partial charge in [-0.2, -0.15) is 0 Å². The Morgan fingerprint density at radius 1 is 1.32 bits per heavy atom. The summed E-state index contributed by atoms with van der Waals surface area (Å²) in [4.78, 5) is 12.5. The second-order valence-corrected chi connectivity index (χ2v) is 6.08. The fourth-order valence-corrected chi connectivity index (χ4v) is 3.53. The predicted molar refractivity (Wildman–Crippen MR) is 81.7 cm³/mol. The van der Waals surface area contributed by atoms with E-state index >= 15 is 0 Å². The Morgan fingerprint density at radius 2 is 2.23 bits per heavy atom. The molecule has 22 heavy (non-hydrogen) atoms. The lowest BCUT2D eigenvalue weighted by molar-refractivity contribution is -0.120. The number of rotatable bonds is 3. The van der Waals surface area contributed by atoms with Gasteiger partial charge in [0.2, 0.25) is 5.91 Å². The molecule has 3 unspecified atom stereocenters. The zero-order valence-electron chi connectivity index (χ0n) is 12.3. The molecule has 2 aliphatic rings. The van der Waals surface area contributed by atoms with Gasteiger partial charge < -0.3 is 5.32 Å². The van der Waals surface area contributed by atoms with E-state index in [2.05, 4.69) is 33.0 Å². The van der Waals surface area contributed by atoms with Crippen molar-refractivity contribution in [2.75, 3.05) is 5.32 Å². The zero-order valence-corrected chi connectivity index (χ0v) is 12.3. The van der Waals surface area contributed by atoms with Gasteiger partial charge in [-0.25, -0.2) is 4.68 Å². The summed E-state index contributed by atoms with van der Waals surface area (Å²) < 4.78 is 1.61. The topological polar surface area (TPSA) is 72.7 Å². The number of tetrazole rings is 1. The largest absolute Gasteiger partial charge is 0.326 e. The monoisotopic (exact) mass is 295 g/mol. The molecule has 2 aromatic rings. The minimum Gasteiger partial charge on any atom is -0.326 e. The summed E-state index contributed by atoms with van der Waals surface area (Å²) in [5.74, 6) is 1.91. The van der Waals surface area contributed by atoms with Gasteiger partial charge in [-0.15, -0.1) is 5.10 Å². The first-order chi connectivity index (χ1) is 10.7. The van der Waals surface area contributed by atoms with Crippen LogP contribution in [0.1, 0.15) is 12.8 Å². The number of carbonyl (C=O) groups is 1. The Bertz CT molecular complexity index is 750. The standard InChI is InChI=1S/C16H17N5O/c1-21-15(18-19-20-21)12-3-2-4-13(9-12)17-16(22)14-8-10-5-6-11(14)7-10/h2-6,9-11,14H,7-8H2,1H3,(H,17,22). The fourth-order valence-electron chi connectivity index (χ4n) is 3.53. The van der Waals surface area contributed by atoms with Gasteiger partial charge in [0.1, 0.15) is 0 Å². The van der Waals surface area contributed by atoms with E-state index in [1.807, 2.05) is 24.3 Å². The number of hydrogen-bond donors (Lipinski definition) is 1. The van der Waals surface area contributed by atoms with Crippen LogP contribution in [0, 0.1) is 17.8 Å². The van der Waals surface area contributed by atoms with Gasteiger partial charge >= 0.3 is 0 Å². The number of hydrogen-bond acceptors (Lipinski definition) is 4. The Kier molecular flexibility index (Phi) is 3.03. The van der Waals surface area contributed by atoms with Gasteiger partial charge in [-0.3, -0.25) is 4.79 Å². The summed E-state index contributed by atoms with van der Waals surface area (Å²) >= 11 is 0. The lowest BCUT2D eigenvalue weighted by Crippen LogP contribution is -2.25. The third-order valence-electron chi connectivity index (χ3n) is 4.62. The highest BCUT2D eigenvalue weighted by molar-refractivity contribution is 5.93. The van der Waals surface area contributed by atoms with E-state index in [-0.39, 0.29) is 11.8 Å². The lowest BCUT2D eigenvalue weighted by atomic mass is 9.93. The second-order valence-electron chi connectivity index (χ2n) is 6.08. The van der Waals surface area contributed by atoms with Crippen LogP contribution in [0.2, 0.25) is 0 Å². The highest BCUT2D eigenvalue weighted by Crippen LogP contribution is 2.43. The SMILES string of the molecule is Cn1nnnc1-c1cccc(NC(=O)C2CC3C=CC2C3)c1. The maximum absolute atomic E-state index is 12.5. The first-order valence-corrected chi connectivity index (χ1v) is 7.52. The summed E-state index contributed by atoms with van der Waals surface area (Å²) in [7, 11) is 1.79. The molecule has 0 saturated heterocycles. The Labute approximate surface area is 128 Å². The predicted octanol–water partition coefficient (Wildman–Crippen LogP) is 2.03. The van der Waals surface area contributed by atoms with E-state index in [1.165, 1.54) is 0 Å². The van der Waals surface area contributed by atoms with Gasteiger partial charge in [0.15, 0.2) is 5.82 Å². The van der Waals surface area contributed by atoms with Crippen molar-refractivity contribution in [1.29, 1.82) is 0 Å².